The topological polar surface area (TPSA) is 76.8 Å². The van der Waals surface area contributed by atoms with Crippen LogP contribution in [0.5, 0.6) is 0 Å². The number of likely N-dealkylation sites (N-methyl/N-ethyl adjacent to an activating group) is 1. The van der Waals surface area contributed by atoms with Gasteiger partial charge in [0.25, 0.3) is 5.91 Å². The quantitative estimate of drug-likeness (QED) is 0.423. The van der Waals surface area contributed by atoms with Crippen molar-refractivity contribution in [3.63, 3.8) is 0 Å². The molecule has 0 unspecified atom stereocenters. The predicted molar refractivity (Wildman–Crippen MR) is 119 cm³/mol. The van der Waals surface area contributed by atoms with Gasteiger partial charge in [-0.15, -0.1) is 0 Å². The Labute approximate surface area is 189 Å². The molecule has 33 heavy (non-hydrogen) atoms. The van der Waals surface area contributed by atoms with E-state index in [2.05, 4.69) is 20.1 Å². The largest absolute Gasteiger partial charge is 0.334 e. The lowest BCUT2D eigenvalue weighted by atomic mass is 10.0. The SMILES string of the molecule is CCN(C(=O)c1cc(F)ccc1-c1ncccn1)[C@H](C)Cn1ccc(-c2ccc(F)cn2)n1. The minimum absolute atomic E-state index is 0.201. The number of pyridine rings is 1. The first-order chi connectivity index (χ1) is 16.0. The third kappa shape index (κ3) is 4.92. The van der Waals surface area contributed by atoms with Gasteiger partial charge >= 0.3 is 0 Å². The van der Waals surface area contributed by atoms with Crippen molar-refractivity contribution in [1.29, 1.82) is 0 Å². The molecule has 9 heteroatoms. The molecule has 0 aliphatic carbocycles. The predicted octanol–water partition coefficient (Wildman–Crippen LogP) is 4.23. The van der Waals surface area contributed by atoms with E-state index in [1.165, 1.54) is 24.3 Å². The number of nitrogens with zero attached hydrogens (tertiary/aromatic N) is 6. The van der Waals surface area contributed by atoms with E-state index < -0.39 is 11.6 Å². The standard InChI is InChI=1S/C24H22F2N6O/c1-3-32(16(2)15-31-12-9-22(30-31)21-8-6-18(26)14-29-21)24(33)20-13-17(25)5-7-19(20)23-27-10-4-11-28-23/h4-14,16H,3,15H2,1-2H3/t16-/m1/s1. The molecule has 0 fully saturated rings. The van der Waals surface area contributed by atoms with Crippen LogP contribution in [0.3, 0.4) is 0 Å². The van der Waals surface area contributed by atoms with Crippen LogP contribution in [0, 0.1) is 11.6 Å². The second-order valence-corrected chi connectivity index (χ2v) is 7.49. The molecule has 0 aliphatic rings. The highest BCUT2D eigenvalue weighted by molar-refractivity contribution is 6.00. The van der Waals surface area contributed by atoms with Gasteiger partial charge in [-0.2, -0.15) is 5.10 Å². The van der Waals surface area contributed by atoms with Gasteiger partial charge in [-0.1, -0.05) is 0 Å². The zero-order valence-electron chi connectivity index (χ0n) is 18.2. The van der Waals surface area contributed by atoms with Crippen molar-refractivity contribution in [1.82, 2.24) is 29.6 Å². The number of benzene rings is 1. The minimum Gasteiger partial charge on any atom is -0.334 e. The molecular weight excluding hydrogens is 426 g/mol. The fourth-order valence-corrected chi connectivity index (χ4v) is 3.63. The molecule has 0 saturated carbocycles. The average molecular weight is 448 g/mol. The number of carbonyl (C=O) groups is 1. The Hall–Kier alpha value is -4.01. The van der Waals surface area contributed by atoms with Crippen molar-refractivity contribution in [2.45, 2.75) is 26.4 Å². The summed E-state index contributed by atoms with van der Waals surface area (Å²) < 4.78 is 28.9. The third-order valence-corrected chi connectivity index (χ3v) is 5.23. The summed E-state index contributed by atoms with van der Waals surface area (Å²) in [5.41, 5.74) is 1.83. The number of aromatic nitrogens is 5. The van der Waals surface area contributed by atoms with Crippen LogP contribution in [0.2, 0.25) is 0 Å². The Bertz CT molecular complexity index is 1240. The fraction of sp³-hybridized carbons (Fsp3) is 0.208. The maximum absolute atomic E-state index is 14.1. The van der Waals surface area contributed by atoms with Crippen LogP contribution in [0.4, 0.5) is 8.78 Å². The lowest BCUT2D eigenvalue weighted by Gasteiger charge is -2.29. The summed E-state index contributed by atoms with van der Waals surface area (Å²) in [6.07, 6.45) is 6.07. The first-order valence-electron chi connectivity index (χ1n) is 10.5. The van der Waals surface area contributed by atoms with Crippen molar-refractivity contribution in [2.75, 3.05) is 6.54 Å². The van der Waals surface area contributed by atoms with Gasteiger partial charge in [0.2, 0.25) is 0 Å². The molecule has 1 atom stereocenters. The molecular formula is C24H22F2N6O. The highest BCUT2D eigenvalue weighted by Crippen LogP contribution is 2.24. The van der Waals surface area contributed by atoms with E-state index in [-0.39, 0.29) is 17.5 Å². The van der Waals surface area contributed by atoms with Crippen LogP contribution in [0.25, 0.3) is 22.8 Å². The molecule has 0 spiro atoms. The van der Waals surface area contributed by atoms with Gasteiger partial charge < -0.3 is 4.90 Å². The molecule has 168 valence electrons. The van der Waals surface area contributed by atoms with Crippen molar-refractivity contribution in [3.05, 3.63) is 84.4 Å². The number of hydrogen-bond acceptors (Lipinski definition) is 5. The zero-order chi connectivity index (χ0) is 23.4. The molecule has 1 amide bonds. The highest BCUT2D eigenvalue weighted by atomic mass is 19.1. The summed E-state index contributed by atoms with van der Waals surface area (Å²) in [6, 6.07) is 10.1. The Morgan fingerprint density at radius 3 is 2.48 bits per heavy atom. The summed E-state index contributed by atoms with van der Waals surface area (Å²) in [7, 11) is 0. The summed E-state index contributed by atoms with van der Waals surface area (Å²) in [6.45, 7) is 4.59. The summed E-state index contributed by atoms with van der Waals surface area (Å²) in [5.74, 6) is -0.889. The van der Waals surface area contributed by atoms with E-state index in [0.29, 0.717) is 35.9 Å². The second kappa shape index (κ2) is 9.64. The van der Waals surface area contributed by atoms with Gasteiger partial charge in [0.15, 0.2) is 5.82 Å². The Kier molecular flexibility index (Phi) is 6.48. The van der Waals surface area contributed by atoms with Crippen LogP contribution in [-0.4, -0.2) is 48.1 Å². The normalized spacial score (nSPS) is 11.9. The molecule has 0 aliphatic heterocycles. The van der Waals surface area contributed by atoms with Gasteiger partial charge in [-0.25, -0.2) is 18.7 Å². The van der Waals surface area contributed by atoms with Gasteiger partial charge in [0, 0.05) is 36.7 Å². The smallest absolute Gasteiger partial charge is 0.255 e. The molecule has 0 N–H and O–H groups in total. The number of carbonyl (C=O) groups excluding carboxylic acids is 1. The van der Waals surface area contributed by atoms with Crippen molar-refractivity contribution >= 4 is 5.91 Å². The van der Waals surface area contributed by atoms with Crippen molar-refractivity contribution in [3.8, 4) is 22.8 Å². The number of rotatable bonds is 7. The van der Waals surface area contributed by atoms with Crippen LogP contribution in [-0.2, 0) is 6.54 Å². The van der Waals surface area contributed by atoms with E-state index in [9.17, 15) is 13.6 Å². The Morgan fingerprint density at radius 2 is 1.79 bits per heavy atom. The summed E-state index contributed by atoms with van der Waals surface area (Å²) >= 11 is 0. The van der Waals surface area contributed by atoms with Crippen LogP contribution < -0.4 is 0 Å². The average Bonchev–Trinajstić information content (AvgIpc) is 3.28. The van der Waals surface area contributed by atoms with Crippen LogP contribution in [0.1, 0.15) is 24.2 Å². The van der Waals surface area contributed by atoms with E-state index in [4.69, 9.17) is 0 Å². The number of halogens is 2. The van der Waals surface area contributed by atoms with Gasteiger partial charge in [0.05, 0.1) is 24.0 Å². The van der Waals surface area contributed by atoms with E-state index in [1.54, 1.807) is 46.4 Å². The first-order valence-corrected chi connectivity index (χ1v) is 10.5. The molecule has 0 radical (unpaired) electrons. The van der Waals surface area contributed by atoms with E-state index in [1.807, 2.05) is 13.8 Å². The first kappa shape index (κ1) is 22.2. The highest BCUT2D eigenvalue weighted by Gasteiger charge is 2.24. The summed E-state index contributed by atoms with van der Waals surface area (Å²) in [5, 5.41) is 4.49. The zero-order valence-corrected chi connectivity index (χ0v) is 18.2. The van der Waals surface area contributed by atoms with Gasteiger partial charge in [-0.05, 0) is 56.3 Å². The molecule has 3 aromatic heterocycles. The van der Waals surface area contributed by atoms with Crippen molar-refractivity contribution < 1.29 is 13.6 Å². The van der Waals surface area contributed by atoms with Crippen molar-refractivity contribution in [2.24, 2.45) is 0 Å². The Balaban J connectivity index is 1.56. The maximum Gasteiger partial charge on any atom is 0.255 e. The molecule has 7 nitrogen and oxygen atoms in total. The Morgan fingerprint density at radius 1 is 1.03 bits per heavy atom. The van der Waals surface area contributed by atoms with E-state index in [0.717, 1.165) is 6.20 Å². The third-order valence-electron chi connectivity index (χ3n) is 5.23. The fourth-order valence-electron chi connectivity index (χ4n) is 3.63. The molecule has 3 heterocycles. The number of amides is 1. The lowest BCUT2D eigenvalue weighted by molar-refractivity contribution is 0.0685. The molecule has 0 saturated heterocycles. The van der Waals surface area contributed by atoms with Crippen LogP contribution in [0.15, 0.2) is 67.3 Å². The van der Waals surface area contributed by atoms with E-state index >= 15 is 0 Å². The maximum atomic E-state index is 14.1. The summed E-state index contributed by atoms with van der Waals surface area (Å²) in [4.78, 5) is 27.6. The molecule has 1 aromatic carbocycles. The van der Waals surface area contributed by atoms with Gasteiger partial charge in [0.1, 0.15) is 17.3 Å². The monoisotopic (exact) mass is 448 g/mol. The molecule has 0 bridgehead atoms. The van der Waals surface area contributed by atoms with Gasteiger partial charge in [-0.3, -0.25) is 14.5 Å². The van der Waals surface area contributed by atoms with Crippen LogP contribution >= 0.6 is 0 Å². The molecule has 4 aromatic rings. The second-order valence-electron chi connectivity index (χ2n) is 7.49. The number of hydrogen-bond donors (Lipinski definition) is 0. The lowest BCUT2D eigenvalue weighted by Crippen LogP contribution is -2.41. The minimum atomic E-state index is -0.509. The molecule has 4 rings (SSSR count).